The van der Waals surface area contributed by atoms with E-state index in [4.69, 9.17) is 4.74 Å². The van der Waals surface area contributed by atoms with Gasteiger partial charge >= 0.3 is 6.36 Å². The molecule has 20 heavy (non-hydrogen) atoms. The molecule has 0 aliphatic carbocycles. The van der Waals surface area contributed by atoms with E-state index in [9.17, 15) is 18.0 Å². The topological polar surface area (TPSA) is 47.6 Å². The molecule has 1 aromatic rings. The first-order valence-corrected chi connectivity index (χ1v) is 6.50. The van der Waals surface area contributed by atoms with Crippen LogP contribution in [0.4, 0.5) is 13.2 Å². The maximum absolute atomic E-state index is 12.0. The van der Waals surface area contributed by atoms with Crippen molar-refractivity contribution in [2.45, 2.75) is 11.2 Å². The second kappa shape index (κ2) is 7.49. The Labute approximate surface area is 122 Å². The van der Waals surface area contributed by atoms with E-state index in [0.717, 1.165) is 12.1 Å². The molecule has 8 heteroatoms. The number of nitrogens with one attached hydrogen (secondary N) is 1. The highest BCUT2D eigenvalue weighted by Crippen LogP contribution is 2.22. The van der Waals surface area contributed by atoms with Gasteiger partial charge in [-0.3, -0.25) is 4.79 Å². The number of hydrogen-bond donors (Lipinski definition) is 1. The van der Waals surface area contributed by atoms with Gasteiger partial charge in [-0.05, 0) is 24.3 Å². The van der Waals surface area contributed by atoms with E-state index < -0.39 is 6.36 Å². The molecule has 0 saturated carbocycles. The Morgan fingerprint density at radius 3 is 2.45 bits per heavy atom. The van der Waals surface area contributed by atoms with Crippen LogP contribution in [0, 0.1) is 0 Å². The Morgan fingerprint density at radius 1 is 1.35 bits per heavy atom. The summed E-state index contributed by atoms with van der Waals surface area (Å²) in [6, 6.07) is 4.69. The van der Waals surface area contributed by atoms with Gasteiger partial charge in [-0.25, -0.2) is 0 Å². The third-order valence-corrected chi connectivity index (χ3v) is 2.77. The fourth-order valence-corrected chi connectivity index (χ4v) is 1.78. The van der Waals surface area contributed by atoms with E-state index in [2.05, 4.69) is 26.0 Å². The molecule has 1 rings (SSSR count). The van der Waals surface area contributed by atoms with Crippen LogP contribution < -0.4 is 10.1 Å². The molecular formula is C12H13BrF3NO3. The van der Waals surface area contributed by atoms with Crippen molar-refractivity contribution in [2.75, 3.05) is 20.3 Å². The fraction of sp³-hybridized carbons (Fsp3) is 0.417. The minimum absolute atomic E-state index is 0.0377. The lowest BCUT2D eigenvalue weighted by atomic mass is 10.2. The minimum atomic E-state index is -4.74. The van der Waals surface area contributed by atoms with Crippen LogP contribution in [-0.2, 0) is 4.74 Å². The molecule has 0 radical (unpaired) electrons. The van der Waals surface area contributed by atoms with Crippen LogP contribution >= 0.6 is 15.9 Å². The number of halogens is 4. The number of amides is 1. The number of methoxy groups -OCH3 is 1. The molecule has 112 valence electrons. The molecule has 1 N–H and O–H groups in total. The molecule has 0 aliphatic heterocycles. The normalized spacial score (nSPS) is 12.8. The standard InChI is InChI=1S/C12H13BrF3NO3/c1-19-7-9(13)6-17-11(18)8-2-4-10(5-3-8)20-12(14,15)16/h2-5,9H,6-7H2,1H3,(H,17,18). The van der Waals surface area contributed by atoms with Crippen molar-refractivity contribution in [1.82, 2.24) is 5.32 Å². The van der Waals surface area contributed by atoms with Crippen molar-refractivity contribution in [2.24, 2.45) is 0 Å². The van der Waals surface area contributed by atoms with Gasteiger partial charge in [-0.15, -0.1) is 13.2 Å². The Hall–Kier alpha value is -1.28. The molecule has 0 aliphatic rings. The van der Waals surface area contributed by atoms with Crippen molar-refractivity contribution in [1.29, 1.82) is 0 Å². The SMILES string of the molecule is COCC(Br)CNC(=O)c1ccc(OC(F)(F)F)cc1. The molecule has 0 spiro atoms. The monoisotopic (exact) mass is 355 g/mol. The van der Waals surface area contributed by atoms with E-state index >= 15 is 0 Å². The zero-order valence-electron chi connectivity index (χ0n) is 10.5. The summed E-state index contributed by atoms with van der Waals surface area (Å²) in [6.07, 6.45) is -4.74. The number of rotatable bonds is 6. The fourth-order valence-electron chi connectivity index (χ4n) is 1.35. The van der Waals surface area contributed by atoms with Crippen LogP contribution in [0.25, 0.3) is 0 Å². The first-order chi connectivity index (χ1) is 9.31. The van der Waals surface area contributed by atoms with Crippen LogP contribution in [0.2, 0.25) is 0 Å². The number of carbonyl (C=O) groups excluding carboxylic acids is 1. The maximum atomic E-state index is 12.0. The molecule has 0 aromatic heterocycles. The molecule has 1 atom stereocenters. The number of carbonyl (C=O) groups is 1. The molecule has 1 aromatic carbocycles. The quantitative estimate of drug-likeness (QED) is 0.798. The van der Waals surface area contributed by atoms with Crippen LogP contribution in [0.5, 0.6) is 5.75 Å². The van der Waals surface area contributed by atoms with Gasteiger partial charge in [0, 0.05) is 19.2 Å². The summed E-state index contributed by atoms with van der Waals surface area (Å²) in [7, 11) is 1.54. The van der Waals surface area contributed by atoms with E-state index in [0.29, 0.717) is 13.2 Å². The van der Waals surface area contributed by atoms with Crippen LogP contribution in [0.3, 0.4) is 0 Å². The molecular weight excluding hydrogens is 343 g/mol. The second-order valence-electron chi connectivity index (χ2n) is 3.83. The van der Waals surface area contributed by atoms with E-state index in [-0.39, 0.29) is 22.0 Å². The van der Waals surface area contributed by atoms with Crippen molar-refractivity contribution < 1.29 is 27.4 Å². The molecule has 0 saturated heterocycles. The third kappa shape index (κ3) is 6.25. The summed E-state index contributed by atoms with van der Waals surface area (Å²) < 4.78 is 44.5. The lowest BCUT2D eigenvalue weighted by Gasteiger charge is -2.11. The summed E-state index contributed by atoms with van der Waals surface area (Å²) in [5.41, 5.74) is 0.247. The highest BCUT2D eigenvalue weighted by molar-refractivity contribution is 9.09. The predicted octanol–water partition coefficient (Wildman–Crippen LogP) is 2.72. The zero-order valence-corrected chi connectivity index (χ0v) is 12.1. The molecule has 4 nitrogen and oxygen atoms in total. The number of hydrogen-bond acceptors (Lipinski definition) is 3. The van der Waals surface area contributed by atoms with Gasteiger partial charge < -0.3 is 14.8 Å². The van der Waals surface area contributed by atoms with Gasteiger partial charge in [0.05, 0.1) is 11.4 Å². The average molecular weight is 356 g/mol. The van der Waals surface area contributed by atoms with Gasteiger partial charge in [0.15, 0.2) is 0 Å². The van der Waals surface area contributed by atoms with Crippen molar-refractivity contribution in [3.63, 3.8) is 0 Å². The highest BCUT2D eigenvalue weighted by atomic mass is 79.9. The number of benzene rings is 1. The molecule has 0 fully saturated rings. The summed E-state index contributed by atoms with van der Waals surface area (Å²) in [5.74, 6) is -0.754. The lowest BCUT2D eigenvalue weighted by Crippen LogP contribution is -2.31. The van der Waals surface area contributed by atoms with Crippen LogP contribution in [0.1, 0.15) is 10.4 Å². The number of alkyl halides is 4. The Balaban J connectivity index is 2.53. The third-order valence-electron chi connectivity index (χ3n) is 2.18. The molecule has 1 unspecified atom stereocenters. The second-order valence-corrected chi connectivity index (χ2v) is 5.13. The molecule has 1 amide bonds. The lowest BCUT2D eigenvalue weighted by molar-refractivity contribution is -0.274. The summed E-state index contributed by atoms with van der Waals surface area (Å²) in [5, 5.41) is 2.62. The van der Waals surface area contributed by atoms with Crippen LogP contribution in [-0.4, -0.2) is 37.4 Å². The van der Waals surface area contributed by atoms with E-state index in [1.54, 1.807) is 0 Å². The van der Waals surface area contributed by atoms with Gasteiger partial charge in [0.2, 0.25) is 0 Å². The van der Waals surface area contributed by atoms with E-state index in [1.165, 1.54) is 19.2 Å². The van der Waals surface area contributed by atoms with Crippen molar-refractivity contribution in [3.05, 3.63) is 29.8 Å². The largest absolute Gasteiger partial charge is 0.573 e. The molecule has 0 bridgehead atoms. The zero-order chi connectivity index (χ0) is 15.2. The highest BCUT2D eigenvalue weighted by Gasteiger charge is 2.31. The summed E-state index contributed by atoms with van der Waals surface area (Å²) >= 11 is 3.30. The van der Waals surface area contributed by atoms with Gasteiger partial charge in [-0.1, -0.05) is 15.9 Å². The van der Waals surface area contributed by atoms with Crippen LogP contribution in [0.15, 0.2) is 24.3 Å². The average Bonchev–Trinajstić information content (AvgIpc) is 2.35. The van der Waals surface area contributed by atoms with Crippen molar-refractivity contribution in [3.8, 4) is 5.75 Å². The number of ether oxygens (including phenoxy) is 2. The smallest absolute Gasteiger partial charge is 0.406 e. The van der Waals surface area contributed by atoms with Crippen molar-refractivity contribution >= 4 is 21.8 Å². The summed E-state index contributed by atoms with van der Waals surface area (Å²) in [6.45, 7) is 0.770. The summed E-state index contributed by atoms with van der Waals surface area (Å²) in [4.78, 5) is 11.7. The Bertz CT molecular complexity index is 437. The Kier molecular flexibility index (Phi) is 6.28. The van der Waals surface area contributed by atoms with Gasteiger partial charge in [0.1, 0.15) is 5.75 Å². The Morgan fingerprint density at radius 2 is 1.95 bits per heavy atom. The molecule has 0 heterocycles. The van der Waals surface area contributed by atoms with E-state index in [1.807, 2.05) is 0 Å². The maximum Gasteiger partial charge on any atom is 0.573 e. The first kappa shape index (κ1) is 16.8. The minimum Gasteiger partial charge on any atom is -0.406 e. The van der Waals surface area contributed by atoms with Gasteiger partial charge in [-0.2, -0.15) is 0 Å². The first-order valence-electron chi connectivity index (χ1n) is 5.59. The van der Waals surface area contributed by atoms with Gasteiger partial charge in [0.25, 0.3) is 5.91 Å². The predicted molar refractivity (Wildman–Crippen MR) is 70.0 cm³/mol.